The average molecular weight is 376 g/mol. The highest BCUT2D eigenvalue weighted by Crippen LogP contribution is 2.32. The smallest absolute Gasteiger partial charge is 0.246 e. The maximum absolute atomic E-state index is 12.5. The van der Waals surface area contributed by atoms with Gasteiger partial charge in [0.2, 0.25) is 5.91 Å². The van der Waals surface area contributed by atoms with Crippen LogP contribution < -0.4 is 5.32 Å². The number of rotatable bonds is 4. The first-order chi connectivity index (χ1) is 13.0. The van der Waals surface area contributed by atoms with E-state index in [1.165, 1.54) is 10.4 Å². The second-order valence-electron chi connectivity index (χ2n) is 6.62. The van der Waals surface area contributed by atoms with Crippen LogP contribution in [0.25, 0.3) is 21.5 Å². The molecule has 3 heterocycles. The highest BCUT2D eigenvalue weighted by Gasteiger charge is 2.16. The number of benzene rings is 1. The number of pyridine rings is 1. The molecular formula is C21H20N4OS. The predicted molar refractivity (Wildman–Crippen MR) is 110 cm³/mol. The van der Waals surface area contributed by atoms with Crippen LogP contribution in [0.2, 0.25) is 0 Å². The number of amides is 1. The van der Waals surface area contributed by atoms with Crippen LogP contribution in [0.5, 0.6) is 0 Å². The van der Waals surface area contributed by atoms with Crippen LogP contribution in [0.15, 0.2) is 48.0 Å². The fraction of sp³-hybridized carbons (Fsp3) is 0.190. The van der Waals surface area contributed by atoms with Crippen molar-refractivity contribution < 1.29 is 4.79 Å². The predicted octanol–water partition coefficient (Wildman–Crippen LogP) is 4.72. The number of hydrogen-bond acceptors (Lipinski definition) is 4. The van der Waals surface area contributed by atoms with Crippen LogP contribution in [0.3, 0.4) is 0 Å². The normalized spacial score (nSPS) is 11.1. The number of carbonyl (C=O) groups excluding carboxylic acids is 1. The first kappa shape index (κ1) is 17.4. The highest BCUT2D eigenvalue weighted by atomic mass is 32.1. The van der Waals surface area contributed by atoms with E-state index in [0.717, 1.165) is 33.5 Å². The number of nitrogens with one attached hydrogen (secondary N) is 1. The third kappa shape index (κ3) is 3.36. The number of aryl methyl sites for hydroxylation is 3. The van der Waals surface area contributed by atoms with Gasteiger partial charge in [0.1, 0.15) is 6.54 Å². The number of anilines is 1. The minimum atomic E-state index is -0.119. The van der Waals surface area contributed by atoms with Crippen molar-refractivity contribution in [1.29, 1.82) is 0 Å². The van der Waals surface area contributed by atoms with Gasteiger partial charge in [0.15, 0.2) is 5.65 Å². The minimum absolute atomic E-state index is 0.119. The van der Waals surface area contributed by atoms with Gasteiger partial charge in [0.05, 0.1) is 11.1 Å². The second kappa shape index (κ2) is 6.96. The Balaban J connectivity index is 1.63. The molecule has 1 N–H and O–H groups in total. The van der Waals surface area contributed by atoms with Gasteiger partial charge in [0, 0.05) is 22.3 Å². The third-order valence-corrected chi connectivity index (χ3v) is 5.58. The van der Waals surface area contributed by atoms with Crippen molar-refractivity contribution >= 4 is 34.0 Å². The molecule has 0 spiro atoms. The maximum Gasteiger partial charge on any atom is 0.246 e. The molecule has 27 heavy (non-hydrogen) atoms. The Morgan fingerprint density at radius 3 is 2.74 bits per heavy atom. The van der Waals surface area contributed by atoms with Crippen molar-refractivity contribution in [3.05, 3.63) is 64.8 Å². The molecule has 6 heteroatoms. The molecule has 0 fully saturated rings. The van der Waals surface area contributed by atoms with E-state index in [1.807, 2.05) is 44.2 Å². The summed E-state index contributed by atoms with van der Waals surface area (Å²) in [5.74, 6) is -0.119. The van der Waals surface area contributed by atoms with Gasteiger partial charge in [0.25, 0.3) is 0 Å². The molecule has 136 valence electrons. The van der Waals surface area contributed by atoms with Gasteiger partial charge in [-0.25, -0.2) is 9.67 Å². The molecule has 0 aliphatic carbocycles. The SMILES string of the molecule is Cc1ccc(NC(=O)Cn2nc(C)c3c(-c4cccs4)ccnc32)cc1C. The molecule has 0 radical (unpaired) electrons. The molecule has 0 bridgehead atoms. The van der Waals surface area contributed by atoms with Crippen molar-refractivity contribution in [2.45, 2.75) is 27.3 Å². The second-order valence-corrected chi connectivity index (χ2v) is 7.57. The molecule has 5 nitrogen and oxygen atoms in total. The zero-order valence-corrected chi connectivity index (χ0v) is 16.3. The third-order valence-electron chi connectivity index (χ3n) is 4.68. The summed E-state index contributed by atoms with van der Waals surface area (Å²) in [5, 5.41) is 10.6. The Hall–Kier alpha value is -2.99. The average Bonchev–Trinajstić information content (AvgIpc) is 3.27. The number of aromatic nitrogens is 3. The summed E-state index contributed by atoms with van der Waals surface area (Å²) >= 11 is 1.68. The number of carbonyl (C=O) groups is 1. The highest BCUT2D eigenvalue weighted by molar-refractivity contribution is 7.13. The lowest BCUT2D eigenvalue weighted by Gasteiger charge is -2.08. The summed E-state index contributed by atoms with van der Waals surface area (Å²) in [4.78, 5) is 18.2. The van der Waals surface area contributed by atoms with Crippen LogP contribution in [0.4, 0.5) is 5.69 Å². The fourth-order valence-electron chi connectivity index (χ4n) is 3.18. The van der Waals surface area contributed by atoms with E-state index in [9.17, 15) is 4.79 Å². The molecule has 0 saturated carbocycles. The monoisotopic (exact) mass is 376 g/mol. The summed E-state index contributed by atoms with van der Waals surface area (Å²) in [6.07, 6.45) is 1.77. The van der Waals surface area contributed by atoms with E-state index in [1.54, 1.807) is 22.2 Å². The lowest BCUT2D eigenvalue weighted by molar-refractivity contribution is -0.116. The van der Waals surface area contributed by atoms with E-state index < -0.39 is 0 Å². The topological polar surface area (TPSA) is 59.8 Å². The molecule has 0 saturated heterocycles. The van der Waals surface area contributed by atoms with Gasteiger partial charge in [-0.1, -0.05) is 12.1 Å². The summed E-state index contributed by atoms with van der Waals surface area (Å²) in [6, 6.07) is 12.0. The first-order valence-corrected chi connectivity index (χ1v) is 9.64. The lowest BCUT2D eigenvalue weighted by Crippen LogP contribution is -2.19. The van der Waals surface area contributed by atoms with E-state index in [-0.39, 0.29) is 12.5 Å². The summed E-state index contributed by atoms with van der Waals surface area (Å²) in [7, 11) is 0. The Bertz CT molecular complexity index is 1130. The maximum atomic E-state index is 12.5. The van der Waals surface area contributed by atoms with Crippen LogP contribution in [0, 0.1) is 20.8 Å². The Morgan fingerprint density at radius 2 is 2.00 bits per heavy atom. The number of thiophene rings is 1. The summed E-state index contributed by atoms with van der Waals surface area (Å²) < 4.78 is 1.68. The summed E-state index contributed by atoms with van der Waals surface area (Å²) in [5.41, 5.74) is 5.85. The lowest BCUT2D eigenvalue weighted by atomic mass is 10.1. The first-order valence-electron chi connectivity index (χ1n) is 8.76. The molecule has 3 aromatic heterocycles. The number of fused-ring (bicyclic) bond motifs is 1. The van der Waals surface area contributed by atoms with Crippen molar-refractivity contribution in [1.82, 2.24) is 14.8 Å². The van der Waals surface area contributed by atoms with Crippen LogP contribution in [0.1, 0.15) is 16.8 Å². The van der Waals surface area contributed by atoms with Crippen LogP contribution in [-0.4, -0.2) is 20.7 Å². The van der Waals surface area contributed by atoms with Gasteiger partial charge < -0.3 is 5.32 Å². The van der Waals surface area contributed by atoms with Crippen LogP contribution in [-0.2, 0) is 11.3 Å². The largest absolute Gasteiger partial charge is 0.324 e. The zero-order valence-electron chi connectivity index (χ0n) is 15.5. The van der Waals surface area contributed by atoms with Gasteiger partial charge in [-0.3, -0.25) is 4.79 Å². The standard InChI is InChI=1S/C21H20N4OS/c1-13-6-7-16(11-14(13)2)23-19(26)12-25-21-20(15(3)24-25)17(8-9-22-21)18-5-4-10-27-18/h4-11H,12H2,1-3H3,(H,23,26). The Labute approximate surface area is 161 Å². The number of nitrogens with zero attached hydrogens (tertiary/aromatic N) is 3. The molecule has 0 unspecified atom stereocenters. The summed E-state index contributed by atoms with van der Waals surface area (Å²) in [6.45, 7) is 6.17. The van der Waals surface area contributed by atoms with Crippen molar-refractivity contribution in [3.8, 4) is 10.4 Å². The molecule has 1 aromatic carbocycles. The molecular weight excluding hydrogens is 356 g/mol. The molecule has 0 aliphatic heterocycles. The van der Waals surface area contributed by atoms with E-state index >= 15 is 0 Å². The Morgan fingerprint density at radius 1 is 1.15 bits per heavy atom. The molecule has 1 amide bonds. The molecule has 4 aromatic rings. The van der Waals surface area contributed by atoms with Gasteiger partial charge in [-0.05, 0) is 61.5 Å². The van der Waals surface area contributed by atoms with Crippen LogP contribution >= 0.6 is 11.3 Å². The quantitative estimate of drug-likeness (QED) is 0.560. The van der Waals surface area contributed by atoms with Gasteiger partial charge in [-0.15, -0.1) is 11.3 Å². The molecule has 4 rings (SSSR count). The molecule has 0 atom stereocenters. The fourth-order valence-corrected chi connectivity index (χ4v) is 3.94. The molecule has 0 aliphatic rings. The Kier molecular flexibility index (Phi) is 4.49. The minimum Gasteiger partial charge on any atom is -0.324 e. The van der Waals surface area contributed by atoms with Gasteiger partial charge >= 0.3 is 0 Å². The van der Waals surface area contributed by atoms with E-state index in [4.69, 9.17) is 0 Å². The van der Waals surface area contributed by atoms with Crippen molar-refractivity contribution in [2.75, 3.05) is 5.32 Å². The van der Waals surface area contributed by atoms with Crippen molar-refractivity contribution in [2.24, 2.45) is 0 Å². The number of hydrogen-bond donors (Lipinski definition) is 1. The zero-order chi connectivity index (χ0) is 19.0. The van der Waals surface area contributed by atoms with E-state index in [2.05, 4.69) is 33.8 Å². The van der Waals surface area contributed by atoms with Gasteiger partial charge in [-0.2, -0.15) is 5.10 Å². The van der Waals surface area contributed by atoms with E-state index in [0.29, 0.717) is 0 Å². The van der Waals surface area contributed by atoms with Crippen molar-refractivity contribution in [3.63, 3.8) is 0 Å².